The van der Waals surface area contributed by atoms with Crippen molar-refractivity contribution in [2.75, 3.05) is 50.1 Å². The third-order valence-electron chi connectivity index (χ3n) is 8.89. The molecule has 0 unspecified atom stereocenters. The van der Waals surface area contributed by atoms with Crippen molar-refractivity contribution >= 4 is 35.2 Å². The Bertz CT molecular complexity index is 1950. The molecule has 0 atom stereocenters. The van der Waals surface area contributed by atoms with Crippen LogP contribution in [0.5, 0.6) is 0 Å². The highest BCUT2D eigenvalue weighted by Gasteiger charge is 2.30. The zero-order valence-corrected chi connectivity index (χ0v) is 27.6. The Hall–Kier alpha value is -5.20. The number of anilines is 3. The quantitative estimate of drug-likeness (QED) is 0.275. The molecule has 12 heteroatoms. The first-order chi connectivity index (χ1) is 23.1. The van der Waals surface area contributed by atoms with Crippen LogP contribution in [0.1, 0.15) is 51.3 Å². The van der Waals surface area contributed by atoms with Crippen molar-refractivity contribution in [2.24, 2.45) is 12.0 Å². The number of benzene rings is 2. The van der Waals surface area contributed by atoms with Crippen LogP contribution in [0.4, 0.5) is 17.2 Å². The standard InChI is InChI=1S/C36H39N7O5/c1-36(2,22-37-3)25-9-10-26-23(18-25)12-13-43(34(26)46)31-7-5-6-27(28(31)21-44)29-19-30(35(47)41(4)40-29)39-32-11-8-24(20-38-32)33(45)42-14-16-48-17-15-42/h5-11,18-20,22,44H,12-17,21H2,1-4H3,(H,38,39)/b37-22+. The highest BCUT2D eigenvalue weighted by atomic mass is 16.5. The molecule has 2 aliphatic rings. The molecule has 1 fully saturated rings. The lowest BCUT2D eigenvalue weighted by Crippen LogP contribution is -2.40. The van der Waals surface area contributed by atoms with Gasteiger partial charge in [0.1, 0.15) is 11.5 Å². The SMILES string of the molecule is C/N=C/C(C)(C)c1ccc2c(c1)CCN(c1cccc(-c3cc(Nc4ccc(C(=O)N5CCOCC5)cn4)c(=O)n(C)n3)c1CO)C2=O. The van der Waals surface area contributed by atoms with Crippen LogP contribution in [-0.4, -0.2) is 82.7 Å². The average Bonchev–Trinajstić information content (AvgIpc) is 3.10. The summed E-state index contributed by atoms with van der Waals surface area (Å²) >= 11 is 0. The molecule has 2 N–H and O–H groups in total. The number of morpholine rings is 1. The molecule has 0 aliphatic carbocycles. The molecule has 12 nitrogen and oxygen atoms in total. The van der Waals surface area contributed by atoms with Gasteiger partial charge in [-0.2, -0.15) is 5.10 Å². The molecule has 6 rings (SSSR count). The number of aryl methyl sites for hydroxylation is 1. The lowest BCUT2D eigenvalue weighted by molar-refractivity contribution is 0.0302. The predicted octanol–water partition coefficient (Wildman–Crippen LogP) is 3.73. The van der Waals surface area contributed by atoms with E-state index >= 15 is 0 Å². The van der Waals surface area contributed by atoms with Crippen molar-refractivity contribution in [2.45, 2.75) is 32.3 Å². The molecular formula is C36H39N7O5. The topological polar surface area (TPSA) is 142 Å². The van der Waals surface area contributed by atoms with Gasteiger partial charge in [-0.05, 0) is 47.9 Å². The molecule has 0 bridgehead atoms. The van der Waals surface area contributed by atoms with Gasteiger partial charge in [0.15, 0.2) is 0 Å². The third kappa shape index (κ3) is 6.36. The van der Waals surface area contributed by atoms with Crippen molar-refractivity contribution in [1.29, 1.82) is 0 Å². The van der Waals surface area contributed by atoms with E-state index in [-0.39, 0.29) is 35.1 Å². The number of ether oxygens (including phenoxy) is 1. The van der Waals surface area contributed by atoms with E-state index in [0.717, 1.165) is 11.1 Å². The maximum atomic E-state index is 13.8. The van der Waals surface area contributed by atoms with Gasteiger partial charge in [-0.3, -0.25) is 19.4 Å². The van der Waals surface area contributed by atoms with Gasteiger partial charge in [0.2, 0.25) is 0 Å². The van der Waals surface area contributed by atoms with E-state index in [0.29, 0.717) is 78.7 Å². The maximum Gasteiger partial charge on any atom is 0.290 e. The van der Waals surface area contributed by atoms with Crippen LogP contribution in [-0.2, 0) is 30.2 Å². The third-order valence-corrected chi connectivity index (χ3v) is 8.89. The van der Waals surface area contributed by atoms with E-state index in [2.05, 4.69) is 40.3 Å². The maximum absolute atomic E-state index is 13.8. The van der Waals surface area contributed by atoms with Gasteiger partial charge in [0.05, 0.1) is 36.8 Å². The van der Waals surface area contributed by atoms with Crippen molar-refractivity contribution in [1.82, 2.24) is 19.7 Å². The number of pyridine rings is 1. The largest absolute Gasteiger partial charge is 0.392 e. The van der Waals surface area contributed by atoms with Gasteiger partial charge >= 0.3 is 0 Å². The first-order valence-electron chi connectivity index (χ1n) is 15.9. The zero-order valence-electron chi connectivity index (χ0n) is 27.6. The number of hydrogen-bond donors (Lipinski definition) is 2. The summed E-state index contributed by atoms with van der Waals surface area (Å²) in [6.07, 6.45) is 4.04. The van der Waals surface area contributed by atoms with E-state index in [1.54, 1.807) is 42.1 Å². The van der Waals surface area contributed by atoms with Gasteiger partial charge in [-0.1, -0.05) is 38.1 Å². The minimum Gasteiger partial charge on any atom is -0.392 e. The number of amides is 2. The lowest BCUT2D eigenvalue weighted by Gasteiger charge is -2.32. The lowest BCUT2D eigenvalue weighted by atomic mass is 9.83. The molecule has 2 aromatic carbocycles. The normalized spacial score (nSPS) is 15.1. The number of nitrogens with one attached hydrogen (secondary N) is 1. The van der Waals surface area contributed by atoms with E-state index in [1.165, 1.54) is 10.9 Å². The molecule has 48 heavy (non-hydrogen) atoms. The predicted molar refractivity (Wildman–Crippen MR) is 184 cm³/mol. The summed E-state index contributed by atoms with van der Waals surface area (Å²) in [7, 11) is 3.30. The van der Waals surface area contributed by atoms with E-state index in [1.807, 2.05) is 36.5 Å². The number of hydrogen-bond acceptors (Lipinski definition) is 9. The zero-order chi connectivity index (χ0) is 34.0. The van der Waals surface area contributed by atoms with Gasteiger partial charge in [-0.15, -0.1) is 0 Å². The second kappa shape index (κ2) is 13.5. The fraction of sp³-hybridized carbons (Fsp3) is 0.333. The second-order valence-electron chi connectivity index (χ2n) is 12.5. The molecular weight excluding hydrogens is 610 g/mol. The summed E-state index contributed by atoms with van der Waals surface area (Å²) in [5.74, 6) is 0.112. The number of aliphatic hydroxyl groups is 1. The van der Waals surface area contributed by atoms with Gasteiger partial charge < -0.3 is 25.0 Å². The number of carbonyl (C=O) groups excluding carboxylic acids is 2. The minimum atomic E-state index is -0.383. The Balaban J connectivity index is 1.28. The molecule has 248 valence electrons. The highest BCUT2D eigenvalue weighted by Crippen LogP contribution is 2.35. The molecule has 4 aromatic rings. The number of fused-ring (bicyclic) bond motifs is 1. The van der Waals surface area contributed by atoms with Crippen LogP contribution >= 0.6 is 0 Å². The Morgan fingerprint density at radius 2 is 1.85 bits per heavy atom. The van der Waals surface area contributed by atoms with Crippen LogP contribution < -0.4 is 15.8 Å². The molecule has 2 amide bonds. The number of carbonyl (C=O) groups is 2. The first-order valence-corrected chi connectivity index (χ1v) is 15.9. The molecule has 1 saturated heterocycles. The summed E-state index contributed by atoms with van der Waals surface area (Å²) < 4.78 is 6.55. The smallest absolute Gasteiger partial charge is 0.290 e. The van der Waals surface area contributed by atoms with Crippen LogP contribution in [0.2, 0.25) is 0 Å². The molecule has 4 heterocycles. The molecule has 0 spiro atoms. The van der Waals surface area contributed by atoms with E-state index in [9.17, 15) is 19.5 Å². The molecule has 2 aliphatic heterocycles. The summed E-state index contributed by atoms with van der Waals surface area (Å²) in [6, 6.07) is 16.3. The minimum absolute atomic E-state index is 0.123. The Kier molecular flexibility index (Phi) is 9.20. The summed E-state index contributed by atoms with van der Waals surface area (Å²) in [5, 5.41) is 18.2. The van der Waals surface area contributed by atoms with Crippen molar-refractivity contribution in [3.63, 3.8) is 0 Å². The number of aliphatic imine (C=N–C) groups is 1. The van der Waals surface area contributed by atoms with Crippen LogP contribution in [0.25, 0.3) is 11.3 Å². The second-order valence-corrected chi connectivity index (χ2v) is 12.5. The first kappa shape index (κ1) is 32.7. The fourth-order valence-electron chi connectivity index (χ4n) is 6.26. The van der Waals surface area contributed by atoms with Crippen molar-refractivity contribution in [3.05, 3.63) is 99.0 Å². The highest BCUT2D eigenvalue weighted by molar-refractivity contribution is 6.09. The van der Waals surface area contributed by atoms with Crippen LogP contribution in [0.3, 0.4) is 0 Å². The summed E-state index contributed by atoms with van der Waals surface area (Å²) in [5.41, 5.74) is 4.83. The number of aliphatic hydroxyl groups excluding tert-OH is 1. The van der Waals surface area contributed by atoms with E-state index in [4.69, 9.17) is 4.74 Å². The number of aromatic nitrogens is 3. The molecule has 2 aromatic heterocycles. The van der Waals surface area contributed by atoms with Crippen molar-refractivity contribution in [3.8, 4) is 11.3 Å². The van der Waals surface area contributed by atoms with Crippen molar-refractivity contribution < 1.29 is 19.4 Å². The Morgan fingerprint density at radius 3 is 2.56 bits per heavy atom. The summed E-state index contributed by atoms with van der Waals surface area (Å²) in [4.78, 5) is 51.8. The summed E-state index contributed by atoms with van der Waals surface area (Å²) in [6.45, 7) is 6.34. The monoisotopic (exact) mass is 649 g/mol. The van der Waals surface area contributed by atoms with Gasteiger partial charge in [0.25, 0.3) is 17.4 Å². The molecule has 0 saturated carbocycles. The molecule has 0 radical (unpaired) electrons. The van der Waals surface area contributed by atoms with Crippen LogP contribution in [0, 0.1) is 0 Å². The number of nitrogens with zero attached hydrogens (tertiary/aromatic N) is 6. The Labute approximate surface area is 278 Å². The average molecular weight is 650 g/mol. The van der Waals surface area contributed by atoms with Crippen LogP contribution in [0.15, 0.2) is 70.6 Å². The number of rotatable bonds is 8. The van der Waals surface area contributed by atoms with Gasteiger partial charge in [-0.25, -0.2) is 9.67 Å². The Morgan fingerprint density at radius 1 is 1.06 bits per heavy atom. The van der Waals surface area contributed by atoms with E-state index < -0.39 is 0 Å². The fourth-order valence-corrected chi connectivity index (χ4v) is 6.26. The van der Waals surface area contributed by atoms with Gasteiger partial charge in [0, 0.05) is 68.2 Å².